The van der Waals surface area contributed by atoms with Crippen LogP contribution in [-0.4, -0.2) is 29.4 Å². The summed E-state index contributed by atoms with van der Waals surface area (Å²) in [5.74, 6) is -1.01. The van der Waals surface area contributed by atoms with Crippen molar-refractivity contribution in [3.8, 4) is 0 Å². The van der Waals surface area contributed by atoms with Crippen LogP contribution in [0.5, 0.6) is 0 Å². The predicted molar refractivity (Wildman–Crippen MR) is 118 cm³/mol. The van der Waals surface area contributed by atoms with Crippen molar-refractivity contribution in [1.82, 2.24) is 15.6 Å². The first-order valence-electron chi connectivity index (χ1n) is 10.2. The zero-order valence-electron chi connectivity index (χ0n) is 17.4. The van der Waals surface area contributed by atoms with Gasteiger partial charge >= 0.3 is 0 Å². The SMILES string of the molecule is Cc1nc(N2CCC(NCc3ccc(F)cc3)C2=O)sc1C(=O)NCc1ccc(F)cc1. The molecule has 1 aromatic heterocycles. The molecule has 3 aromatic rings. The second-order valence-electron chi connectivity index (χ2n) is 7.56. The zero-order chi connectivity index (χ0) is 22.7. The third-order valence-corrected chi connectivity index (χ3v) is 6.44. The predicted octanol–water partition coefficient (Wildman–Crippen LogP) is 3.55. The van der Waals surface area contributed by atoms with E-state index in [0.29, 0.717) is 35.2 Å². The third kappa shape index (κ3) is 5.00. The van der Waals surface area contributed by atoms with E-state index in [1.807, 2.05) is 0 Å². The number of amides is 2. The zero-order valence-corrected chi connectivity index (χ0v) is 18.2. The summed E-state index contributed by atoms with van der Waals surface area (Å²) >= 11 is 1.18. The van der Waals surface area contributed by atoms with Crippen LogP contribution in [0.25, 0.3) is 0 Å². The van der Waals surface area contributed by atoms with Crippen LogP contribution in [0.1, 0.15) is 32.9 Å². The molecule has 1 saturated heterocycles. The first-order chi connectivity index (χ1) is 15.4. The van der Waals surface area contributed by atoms with E-state index in [-0.39, 0.29) is 36.0 Å². The Hall–Kier alpha value is -3.17. The Labute approximate surface area is 188 Å². The number of hydrogen-bond acceptors (Lipinski definition) is 5. The van der Waals surface area contributed by atoms with Gasteiger partial charge in [0, 0.05) is 19.6 Å². The van der Waals surface area contributed by atoms with E-state index in [0.717, 1.165) is 11.1 Å². The number of nitrogens with one attached hydrogen (secondary N) is 2. The monoisotopic (exact) mass is 456 g/mol. The molecule has 0 spiro atoms. The van der Waals surface area contributed by atoms with E-state index < -0.39 is 0 Å². The Morgan fingerprint density at radius 1 is 1.06 bits per heavy atom. The van der Waals surface area contributed by atoms with Crippen molar-refractivity contribution in [2.24, 2.45) is 0 Å². The van der Waals surface area contributed by atoms with Gasteiger partial charge < -0.3 is 10.6 Å². The minimum atomic E-state index is -0.361. The van der Waals surface area contributed by atoms with Crippen molar-refractivity contribution < 1.29 is 18.4 Å². The molecule has 9 heteroatoms. The summed E-state index contributed by atoms with van der Waals surface area (Å²) in [4.78, 5) is 31.9. The Morgan fingerprint density at radius 2 is 1.66 bits per heavy atom. The maximum absolute atomic E-state index is 13.0. The molecule has 0 radical (unpaired) electrons. The van der Waals surface area contributed by atoms with Gasteiger partial charge in [-0.1, -0.05) is 35.6 Å². The summed E-state index contributed by atoms with van der Waals surface area (Å²) in [6.45, 7) is 2.96. The van der Waals surface area contributed by atoms with Gasteiger partial charge in [-0.3, -0.25) is 14.5 Å². The summed E-state index contributed by atoms with van der Waals surface area (Å²) in [6.07, 6.45) is 0.616. The fourth-order valence-corrected chi connectivity index (χ4v) is 4.49. The highest BCUT2D eigenvalue weighted by Gasteiger charge is 2.34. The maximum atomic E-state index is 13.0. The summed E-state index contributed by atoms with van der Waals surface area (Å²) in [6, 6.07) is 11.7. The summed E-state index contributed by atoms with van der Waals surface area (Å²) in [5, 5.41) is 6.51. The van der Waals surface area contributed by atoms with Crippen LogP contribution in [0, 0.1) is 18.6 Å². The molecule has 166 valence electrons. The van der Waals surface area contributed by atoms with Gasteiger partial charge in [0.1, 0.15) is 16.5 Å². The fourth-order valence-electron chi connectivity index (χ4n) is 3.48. The van der Waals surface area contributed by atoms with E-state index in [2.05, 4.69) is 15.6 Å². The molecule has 0 bridgehead atoms. The average molecular weight is 457 g/mol. The van der Waals surface area contributed by atoms with Crippen LogP contribution in [-0.2, 0) is 17.9 Å². The molecule has 2 aromatic carbocycles. The highest BCUT2D eigenvalue weighted by Crippen LogP contribution is 2.29. The number of aromatic nitrogens is 1. The van der Waals surface area contributed by atoms with Gasteiger partial charge in [0.05, 0.1) is 11.7 Å². The van der Waals surface area contributed by atoms with E-state index >= 15 is 0 Å². The Bertz CT molecular complexity index is 1120. The fraction of sp³-hybridized carbons (Fsp3) is 0.261. The third-order valence-electron chi connectivity index (χ3n) is 5.26. The normalized spacial score (nSPS) is 15.9. The van der Waals surface area contributed by atoms with E-state index in [4.69, 9.17) is 0 Å². The van der Waals surface area contributed by atoms with Crippen molar-refractivity contribution in [3.63, 3.8) is 0 Å². The number of rotatable bonds is 7. The van der Waals surface area contributed by atoms with Gasteiger partial charge in [0.15, 0.2) is 5.13 Å². The van der Waals surface area contributed by atoms with Gasteiger partial charge in [0.25, 0.3) is 5.91 Å². The number of thiazole rings is 1. The summed E-state index contributed by atoms with van der Waals surface area (Å²) in [7, 11) is 0. The lowest BCUT2D eigenvalue weighted by molar-refractivity contribution is -0.118. The van der Waals surface area contributed by atoms with E-state index in [1.165, 1.54) is 35.6 Å². The molecule has 0 saturated carbocycles. The molecule has 1 aliphatic rings. The first kappa shape index (κ1) is 22.0. The molecular formula is C23H22F2N4O2S. The van der Waals surface area contributed by atoms with Crippen molar-refractivity contribution in [2.45, 2.75) is 32.5 Å². The van der Waals surface area contributed by atoms with Crippen molar-refractivity contribution >= 4 is 28.3 Å². The Balaban J connectivity index is 1.36. The van der Waals surface area contributed by atoms with E-state index in [1.54, 1.807) is 36.1 Å². The van der Waals surface area contributed by atoms with Crippen LogP contribution in [0.3, 0.4) is 0 Å². The number of halogens is 2. The second kappa shape index (κ2) is 9.54. The number of benzene rings is 2. The van der Waals surface area contributed by atoms with Gasteiger partial charge in [-0.2, -0.15) is 0 Å². The maximum Gasteiger partial charge on any atom is 0.263 e. The highest BCUT2D eigenvalue weighted by atomic mass is 32.1. The number of aryl methyl sites for hydroxylation is 1. The van der Waals surface area contributed by atoms with Crippen LogP contribution < -0.4 is 15.5 Å². The molecule has 0 aliphatic carbocycles. The number of carbonyl (C=O) groups excluding carboxylic acids is 2. The smallest absolute Gasteiger partial charge is 0.263 e. The van der Waals surface area contributed by atoms with E-state index in [9.17, 15) is 18.4 Å². The topological polar surface area (TPSA) is 74.3 Å². The van der Waals surface area contributed by atoms with Gasteiger partial charge in [-0.25, -0.2) is 13.8 Å². The molecule has 6 nitrogen and oxygen atoms in total. The van der Waals surface area contributed by atoms with Crippen molar-refractivity contribution in [2.75, 3.05) is 11.4 Å². The molecule has 1 unspecified atom stereocenters. The Kier molecular flexibility index (Phi) is 6.57. The minimum absolute atomic E-state index is 0.0980. The standard InChI is InChI=1S/C23H22F2N4O2S/c1-14-20(21(30)27-13-16-4-8-18(25)9-5-16)32-23(28-14)29-11-10-19(22(29)31)26-12-15-2-6-17(24)7-3-15/h2-9,19,26H,10-13H2,1H3,(H,27,30). The lowest BCUT2D eigenvalue weighted by Crippen LogP contribution is -2.37. The number of nitrogens with zero attached hydrogens (tertiary/aromatic N) is 2. The van der Waals surface area contributed by atoms with Gasteiger partial charge in [-0.05, 0) is 48.7 Å². The molecule has 2 N–H and O–H groups in total. The Morgan fingerprint density at radius 3 is 2.28 bits per heavy atom. The molecule has 2 heterocycles. The summed E-state index contributed by atoms with van der Waals surface area (Å²) in [5.41, 5.74) is 2.23. The lowest BCUT2D eigenvalue weighted by atomic mass is 10.2. The van der Waals surface area contributed by atoms with Crippen molar-refractivity contribution in [1.29, 1.82) is 0 Å². The largest absolute Gasteiger partial charge is 0.347 e. The van der Waals surface area contributed by atoms with Gasteiger partial charge in [-0.15, -0.1) is 0 Å². The number of hydrogen-bond donors (Lipinski definition) is 2. The summed E-state index contributed by atoms with van der Waals surface area (Å²) < 4.78 is 26.1. The second-order valence-corrected chi connectivity index (χ2v) is 8.54. The van der Waals surface area contributed by atoms with Crippen LogP contribution in [0.2, 0.25) is 0 Å². The van der Waals surface area contributed by atoms with Crippen LogP contribution in [0.15, 0.2) is 48.5 Å². The molecule has 1 atom stereocenters. The first-order valence-corrected chi connectivity index (χ1v) is 11.0. The average Bonchev–Trinajstić information content (AvgIpc) is 3.35. The molecule has 1 fully saturated rings. The molecule has 1 aliphatic heterocycles. The quantitative estimate of drug-likeness (QED) is 0.570. The molecular weight excluding hydrogens is 434 g/mol. The van der Waals surface area contributed by atoms with Gasteiger partial charge in [0.2, 0.25) is 5.91 Å². The minimum Gasteiger partial charge on any atom is -0.347 e. The molecule has 32 heavy (non-hydrogen) atoms. The lowest BCUT2D eigenvalue weighted by Gasteiger charge is -2.14. The van der Waals surface area contributed by atoms with Crippen LogP contribution >= 0.6 is 11.3 Å². The van der Waals surface area contributed by atoms with Crippen molar-refractivity contribution in [3.05, 3.63) is 81.9 Å². The number of carbonyl (C=O) groups is 2. The molecule has 2 amide bonds. The number of anilines is 1. The van der Waals surface area contributed by atoms with Crippen LogP contribution in [0.4, 0.5) is 13.9 Å². The highest BCUT2D eigenvalue weighted by molar-refractivity contribution is 7.17. The molecule has 4 rings (SSSR count).